The van der Waals surface area contributed by atoms with Gasteiger partial charge < -0.3 is 9.47 Å². The van der Waals surface area contributed by atoms with Gasteiger partial charge in [0.05, 0.1) is 23.8 Å². The van der Waals surface area contributed by atoms with Crippen LogP contribution in [0.25, 0.3) is 6.08 Å². The topological polar surface area (TPSA) is 128 Å². The summed E-state index contributed by atoms with van der Waals surface area (Å²) in [5.41, 5.74) is 0.170. The molecule has 0 spiro atoms. The van der Waals surface area contributed by atoms with Crippen LogP contribution in [-0.2, 0) is 9.59 Å². The second kappa shape index (κ2) is 9.73. The molecule has 32 heavy (non-hydrogen) atoms. The van der Waals surface area contributed by atoms with Crippen molar-refractivity contribution in [2.45, 2.75) is 20.3 Å². The van der Waals surface area contributed by atoms with Crippen molar-refractivity contribution in [3.63, 3.8) is 0 Å². The minimum atomic E-state index is -0.898. The van der Waals surface area contributed by atoms with E-state index in [1.165, 1.54) is 42.5 Å². The number of rotatable bonds is 8. The van der Waals surface area contributed by atoms with Crippen LogP contribution < -0.4 is 19.7 Å². The maximum Gasteiger partial charge on any atom is 0.335 e. The van der Waals surface area contributed by atoms with E-state index in [-0.39, 0.29) is 16.9 Å². The Balaban J connectivity index is 1.95. The van der Waals surface area contributed by atoms with Gasteiger partial charge in [0, 0.05) is 18.2 Å². The van der Waals surface area contributed by atoms with E-state index >= 15 is 0 Å². The first-order chi connectivity index (χ1) is 15.3. The molecule has 0 atom stereocenters. The van der Waals surface area contributed by atoms with Crippen molar-refractivity contribution in [3.05, 3.63) is 63.7 Å². The van der Waals surface area contributed by atoms with E-state index in [1.54, 1.807) is 13.0 Å². The number of non-ortho nitro benzene ring substituents is 1. The number of nitrogens with zero attached hydrogens (tertiary/aromatic N) is 2. The zero-order valence-electron chi connectivity index (χ0n) is 17.5. The average Bonchev–Trinajstić information content (AvgIpc) is 2.76. The number of nitrogens with one attached hydrogen (secondary N) is 1. The maximum atomic E-state index is 13.0. The van der Waals surface area contributed by atoms with Gasteiger partial charge in [-0.25, -0.2) is 9.69 Å². The lowest BCUT2D eigenvalue weighted by molar-refractivity contribution is -0.384. The minimum Gasteiger partial charge on any atom is -0.490 e. The highest BCUT2D eigenvalue weighted by Crippen LogP contribution is 2.33. The third-order valence-corrected chi connectivity index (χ3v) is 4.46. The van der Waals surface area contributed by atoms with E-state index in [4.69, 9.17) is 9.47 Å². The molecule has 0 saturated carbocycles. The first-order valence-corrected chi connectivity index (χ1v) is 9.91. The third-order valence-electron chi connectivity index (χ3n) is 4.46. The van der Waals surface area contributed by atoms with E-state index in [9.17, 15) is 24.5 Å². The molecule has 0 bridgehead atoms. The number of ether oxygens (including phenoxy) is 2. The van der Waals surface area contributed by atoms with Crippen molar-refractivity contribution >= 4 is 35.3 Å². The molecule has 1 heterocycles. The van der Waals surface area contributed by atoms with Crippen molar-refractivity contribution in [2.24, 2.45) is 0 Å². The van der Waals surface area contributed by atoms with Crippen molar-refractivity contribution in [1.29, 1.82) is 0 Å². The van der Waals surface area contributed by atoms with Gasteiger partial charge in [-0.3, -0.25) is 25.0 Å². The van der Waals surface area contributed by atoms with Crippen LogP contribution in [-0.4, -0.2) is 36.0 Å². The molecule has 4 amide bonds. The fraction of sp³-hybridized carbons (Fsp3) is 0.227. The van der Waals surface area contributed by atoms with Gasteiger partial charge in [-0.1, -0.05) is 6.92 Å². The molecule has 1 fully saturated rings. The molecule has 10 nitrogen and oxygen atoms in total. The molecule has 1 saturated heterocycles. The van der Waals surface area contributed by atoms with Crippen molar-refractivity contribution in [2.75, 3.05) is 18.1 Å². The number of carbonyl (C=O) groups is 3. The number of barbiturate groups is 1. The summed E-state index contributed by atoms with van der Waals surface area (Å²) in [7, 11) is 0. The Morgan fingerprint density at radius 3 is 2.38 bits per heavy atom. The normalized spacial score (nSPS) is 15.0. The molecule has 166 valence electrons. The van der Waals surface area contributed by atoms with Crippen molar-refractivity contribution < 1.29 is 28.8 Å². The zero-order chi connectivity index (χ0) is 23.3. The van der Waals surface area contributed by atoms with Crippen LogP contribution in [0, 0.1) is 10.1 Å². The lowest BCUT2D eigenvalue weighted by Gasteiger charge is -2.27. The molecule has 10 heteroatoms. The molecule has 0 unspecified atom stereocenters. The zero-order valence-corrected chi connectivity index (χ0v) is 17.5. The van der Waals surface area contributed by atoms with E-state index in [0.29, 0.717) is 30.3 Å². The van der Waals surface area contributed by atoms with Gasteiger partial charge in [-0.05, 0) is 49.2 Å². The van der Waals surface area contributed by atoms with Gasteiger partial charge >= 0.3 is 6.03 Å². The Morgan fingerprint density at radius 2 is 1.75 bits per heavy atom. The largest absolute Gasteiger partial charge is 0.490 e. The SMILES string of the molecule is CCCOc1ccc(N2C(=O)NC(=O)/C(=C\c3ccc([N+](=O)[O-])cc3)C2=O)cc1OCC. The lowest BCUT2D eigenvalue weighted by atomic mass is 10.1. The molecule has 2 aromatic rings. The molecule has 2 aromatic carbocycles. The number of urea groups is 1. The Bertz CT molecular complexity index is 1090. The minimum absolute atomic E-state index is 0.128. The van der Waals surface area contributed by atoms with Gasteiger partial charge in [0.25, 0.3) is 17.5 Å². The summed E-state index contributed by atoms with van der Waals surface area (Å²) in [4.78, 5) is 48.9. The summed E-state index contributed by atoms with van der Waals surface area (Å²) in [5.74, 6) is -0.860. The van der Waals surface area contributed by atoms with Gasteiger partial charge in [0.1, 0.15) is 5.57 Å². The number of imide groups is 2. The second-order valence-corrected chi connectivity index (χ2v) is 6.72. The summed E-state index contributed by atoms with van der Waals surface area (Å²) in [6.45, 7) is 4.56. The highest BCUT2D eigenvalue weighted by molar-refractivity contribution is 6.39. The second-order valence-electron chi connectivity index (χ2n) is 6.72. The highest BCUT2D eigenvalue weighted by atomic mass is 16.6. The van der Waals surface area contributed by atoms with Crippen LogP contribution in [0.5, 0.6) is 11.5 Å². The van der Waals surface area contributed by atoms with Crippen LogP contribution in [0.2, 0.25) is 0 Å². The van der Waals surface area contributed by atoms with E-state index < -0.39 is 22.8 Å². The van der Waals surface area contributed by atoms with Gasteiger partial charge in [0.2, 0.25) is 0 Å². The molecule has 1 aliphatic heterocycles. The fourth-order valence-corrected chi connectivity index (χ4v) is 2.99. The fourth-order valence-electron chi connectivity index (χ4n) is 2.99. The molecule has 0 aliphatic carbocycles. The summed E-state index contributed by atoms with van der Waals surface area (Å²) in [6, 6.07) is 9.01. The first kappa shape index (κ1) is 22.5. The van der Waals surface area contributed by atoms with Gasteiger partial charge in [0.15, 0.2) is 11.5 Å². The van der Waals surface area contributed by atoms with E-state index in [2.05, 4.69) is 5.32 Å². The van der Waals surface area contributed by atoms with Crippen molar-refractivity contribution in [3.8, 4) is 11.5 Å². The number of hydrogen-bond acceptors (Lipinski definition) is 7. The quantitative estimate of drug-likeness (QED) is 0.289. The Labute approximate surface area is 183 Å². The van der Waals surface area contributed by atoms with Crippen molar-refractivity contribution in [1.82, 2.24) is 5.32 Å². The number of nitro groups is 1. The monoisotopic (exact) mass is 439 g/mol. The molecular weight excluding hydrogens is 418 g/mol. The predicted octanol–water partition coefficient (Wildman–Crippen LogP) is 3.45. The molecule has 1 aliphatic rings. The molecular formula is C22H21N3O7. The van der Waals surface area contributed by atoms with Gasteiger partial charge in [-0.15, -0.1) is 0 Å². The number of carbonyl (C=O) groups excluding carboxylic acids is 3. The third kappa shape index (κ3) is 4.75. The Hall–Kier alpha value is -4.21. The van der Waals surface area contributed by atoms with Crippen LogP contribution in [0.1, 0.15) is 25.8 Å². The summed E-state index contributed by atoms with van der Waals surface area (Å²) in [5, 5.41) is 12.9. The first-order valence-electron chi connectivity index (χ1n) is 9.91. The summed E-state index contributed by atoms with van der Waals surface area (Å²) >= 11 is 0. The number of hydrogen-bond donors (Lipinski definition) is 1. The average molecular weight is 439 g/mol. The number of nitro benzene ring substituents is 1. The van der Waals surface area contributed by atoms with Gasteiger partial charge in [-0.2, -0.15) is 0 Å². The maximum absolute atomic E-state index is 13.0. The molecule has 3 rings (SSSR count). The van der Waals surface area contributed by atoms with Crippen LogP contribution in [0.3, 0.4) is 0 Å². The van der Waals surface area contributed by atoms with Crippen LogP contribution in [0.15, 0.2) is 48.0 Å². The standard InChI is InChI=1S/C22H21N3O7/c1-3-11-32-18-10-9-16(13-19(18)31-4-2)24-21(27)17(20(26)23-22(24)28)12-14-5-7-15(8-6-14)25(29)30/h5-10,12-13H,3-4,11H2,1-2H3,(H,23,26,28)/b17-12+. The summed E-state index contributed by atoms with van der Waals surface area (Å²) in [6.07, 6.45) is 2.06. The van der Waals surface area contributed by atoms with E-state index in [1.807, 2.05) is 6.92 Å². The van der Waals surface area contributed by atoms with E-state index in [0.717, 1.165) is 11.3 Å². The Kier molecular flexibility index (Phi) is 6.83. The Morgan fingerprint density at radius 1 is 1.03 bits per heavy atom. The highest BCUT2D eigenvalue weighted by Gasteiger charge is 2.37. The summed E-state index contributed by atoms with van der Waals surface area (Å²) < 4.78 is 11.2. The molecule has 1 N–H and O–H groups in total. The van der Waals surface area contributed by atoms with Crippen LogP contribution in [0.4, 0.5) is 16.2 Å². The van der Waals surface area contributed by atoms with Crippen LogP contribution >= 0.6 is 0 Å². The number of anilines is 1. The molecule has 0 radical (unpaired) electrons. The molecule has 0 aromatic heterocycles. The lowest BCUT2D eigenvalue weighted by Crippen LogP contribution is -2.54. The number of benzene rings is 2. The predicted molar refractivity (Wildman–Crippen MR) is 115 cm³/mol. The smallest absolute Gasteiger partial charge is 0.335 e. The number of amides is 4.